The van der Waals surface area contributed by atoms with Crippen LogP contribution in [0.15, 0.2) is 54.7 Å². The van der Waals surface area contributed by atoms with Crippen molar-refractivity contribution in [3.05, 3.63) is 65.9 Å². The number of hydrogen-bond donors (Lipinski definition) is 4. The van der Waals surface area contributed by atoms with Gasteiger partial charge in [-0.2, -0.15) is 0 Å². The monoisotopic (exact) mass is 602 g/mol. The maximum atomic E-state index is 14.4. The summed E-state index contributed by atoms with van der Waals surface area (Å²) in [5.41, 5.74) is 2.42. The van der Waals surface area contributed by atoms with Crippen LogP contribution in [0, 0.1) is 0 Å². The summed E-state index contributed by atoms with van der Waals surface area (Å²) >= 11 is 0. The van der Waals surface area contributed by atoms with Crippen LogP contribution in [0.5, 0.6) is 0 Å². The minimum Gasteiger partial charge on any atom is -0.444 e. The predicted molar refractivity (Wildman–Crippen MR) is 168 cm³/mol. The summed E-state index contributed by atoms with van der Waals surface area (Å²) in [4.78, 5) is 60.1. The minimum atomic E-state index is -0.941. The molecule has 3 heterocycles. The van der Waals surface area contributed by atoms with Gasteiger partial charge in [0.25, 0.3) is 0 Å². The second kappa shape index (κ2) is 12.2. The van der Waals surface area contributed by atoms with Gasteiger partial charge in [-0.05, 0) is 70.2 Å². The number of urea groups is 1. The van der Waals surface area contributed by atoms with E-state index in [0.717, 1.165) is 34.1 Å². The van der Waals surface area contributed by atoms with Gasteiger partial charge < -0.3 is 30.6 Å². The third-order valence-corrected chi connectivity index (χ3v) is 8.35. The number of aromatic nitrogens is 1. The Bertz CT molecular complexity index is 1560. The van der Waals surface area contributed by atoms with Gasteiger partial charge in [0, 0.05) is 49.3 Å². The van der Waals surface area contributed by atoms with E-state index in [1.807, 2.05) is 59.6 Å². The fourth-order valence-electron chi connectivity index (χ4n) is 6.42. The van der Waals surface area contributed by atoms with E-state index < -0.39 is 35.2 Å². The Morgan fingerprint density at radius 1 is 1.05 bits per heavy atom. The van der Waals surface area contributed by atoms with E-state index in [4.69, 9.17) is 4.74 Å². The number of fused-ring (bicyclic) bond motifs is 2. The number of aromatic amines is 1. The number of nitrogens with zero attached hydrogens (tertiary/aromatic N) is 2. The van der Waals surface area contributed by atoms with Crippen molar-refractivity contribution in [2.24, 2.45) is 0 Å². The summed E-state index contributed by atoms with van der Waals surface area (Å²) < 4.78 is 5.31. The highest BCUT2D eigenvalue weighted by molar-refractivity contribution is 5.97. The van der Waals surface area contributed by atoms with Gasteiger partial charge in [0.15, 0.2) is 0 Å². The fraction of sp³-hybridized carbons (Fsp3) is 0.455. The zero-order chi connectivity index (χ0) is 31.6. The van der Waals surface area contributed by atoms with Crippen LogP contribution in [-0.4, -0.2) is 77.2 Å². The third kappa shape index (κ3) is 6.36. The van der Waals surface area contributed by atoms with Gasteiger partial charge in [-0.3, -0.25) is 14.5 Å². The number of amides is 5. The number of piperidine rings is 1. The number of benzene rings is 2. The number of carbonyl (C=O) groups excluding carboxylic acids is 4. The van der Waals surface area contributed by atoms with Crippen molar-refractivity contribution in [1.29, 1.82) is 0 Å². The lowest BCUT2D eigenvalue weighted by molar-refractivity contribution is -0.138. The molecule has 11 heteroatoms. The van der Waals surface area contributed by atoms with Crippen LogP contribution >= 0.6 is 0 Å². The standard InChI is InChI=1S/C33H42N6O5/c1-21(36-31(43)44-32(2,3)4)28(40)37-26(17-23-19-35-25-13-8-7-12-24(23)25)29(41)38-16-10-15-33(20-38)18-22-11-6-9-14-27(22)39(33)30(42)34-5/h6-9,11-14,19,21,26,35H,10,15-18,20H2,1-5H3,(H,34,42)(H,36,43)(H,37,40)/t21-,26-,33?/m1/s1. The number of nitrogens with one attached hydrogen (secondary N) is 4. The number of H-pyrrole nitrogens is 1. The van der Waals surface area contributed by atoms with Crippen LogP contribution in [0.25, 0.3) is 10.9 Å². The summed E-state index contributed by atoms with van der Waals surface area (Å²) in [6, 6.07) is 13.6. The first-order chi connectivity index (χ1) is 20.9. The lowest BCUT2D eigenvalue weighted by Crippen LogP contribution is -2.64. The molecule has 3 atom stereocenters. The van der Waals surface area contributed by atoms with Crippen molar-refractivity contribution >= 4 is 40.5 Å². The molecule has 2 aliphatic rings. The summed E-state index contributed by atoms with van der Waals surface area (Å²) in [6.45, 7) is 7.62. The number of carbonyl (C=O) groups is 4. The molecule has 11 nitrogen and oxygen atoms in total. The Labute approximate surface area is 257 Å². The molecular formula is C33H42N6O5. The number of ether oxygens (including phenoxy) is 1. The molecule has 1 aromatic heterocycles. The molecule has 5 amide bonds. The van der Waals surface area contributed by atoms with Crippen LogP contribution in [0.4, 0.5) is 15.3 Å². The number of likely N-dealkylation sites (tertiary alicyclic amines) is 1. The van der Waals surface area contributed by atoms with Crippen LogP contribution in [0.1, 0.15) is 51.7 Å². The summed E-state index contributed by atoms with van der Waals surface area (Å²) in [5, 5.41) is 9.23. The van der Waals surface area contributed by atoms with E-state index in [0.29, 0.717) is 25.9 Å². The quantitative estimate of drug-likeness (QED) is 0.340. The van der Waals surface area contributed by atoms with Crippen LogP contribution in [0.2, 0.25) is 0 Å². The van der Waals surface area contributed by atoms with E-state index in [1.54, 1.807) is 39.6 Å². The second-order valence-electron chi connectivity index (χ2n) is 12.8. The first-order valence-electron chi connectivity index (χ1n) is 15.1. The molecule has 234 valence electrons. The topological polar surface area (TPSA) is 136 Å². The molecule has 44 heavy (non-hydrogen) atoms. The molecule has 2 aliphatic heterocycles. The lowest BCUT2D eigenvalue weighted by Gasteiger charge is -2.46. The van der Waals surface area contributed by atoms with Gasteiger partial charge >= 0.3 is 12.1 Å². The minimum absolute atomic E-state index is 0.213. The Kier molecular flexibility index (Phi) is 8.58. The van der Waals surface area contributed by atoms with Crippen molar-refractivity contribution < 1.29 is 23.9 Å². The van der Waals surface area contributed by atoms with E-state index >= 15 is 0 Å². The maximum absolute atomic E-state index is 14.4. The average Bonchev–Trinajstić information content (AvgIpc) is 3.53. The normalized spacial score (nSPS) is 19.3. The zero-order valence-corrected chi connectivity index (χ0v) is 26.0. The van der Waals surface area contributed by atoms with Crippen molar-refractivity contribution in [2.45, 2.75) is 76.6 Å². The molecule has 1 unspecified atom stereocenters. The summed E-state index contributed by atoms with van der Waals surface area (Å²) in [6.07, 6.45) is 3.48. The molecule has 3 aromatic rings. The number of rotatable bonds is 6. The highest BCUT2D eigenvalue weighted by atomic mass is 16.6. The Morgan fingerprint density at radius 2 is 1.77 bits per heavy atom. The summed E-state index contributed by atoms with van der Waals surface area (Å²) in [7, 11) is 1.61. The Morgan fingerprint density at radius 3 is 2.52 bits per heavy atom. The molecule has 1 spiro atoms. The molecule has 0 saturated carbocycles. The SMILES string of the molecule is CNC(=O)N1c2ccccc2CC12CCCN(C(=O)[C@@H](Cc1c[nH]c3ccccc13)NC(=O)[C@@H](C)NC(=O)OC(C)(C)C)C2. The molecule has 0 bridgehead atoms. The smallest absolute Gasteiger partial charge is 0.408 e. The molecule has 4 N–H and O–H groups in total. The van der Waals surface area contributed by atoms with Gasteiger partial charge in [-0.1, -0.05) is 36.4 Å². The lowest BCUT2D eigenvalue weighted by atomic mass is 9.84. The first-order valence-corrected chi connectivity index (χ1v) is 15.1. The third-order valence-electron chi connectivity index (χ3n) is 8.35. The van der Waals surface area contributed by atoms with Gasteiger partial charge in [0.2, 0.25) is 11.8 Å². The molecule has 0 aliphatic carbocycles. The van der Waals surface area contributed by atoms with Crippen molar-refractivity contribution in [2.75, 3.05) is 25.0 Å². The number of para-hydroxylation sites is 2. The molecule has 0 radical (unpaired) electrons. The number of anilines is 1. The van der Waals surface area contributed by atoms with Crippen LogP contribution in [-0.2, 0) is 27.2 Å². The van der Waals surface area contributed by atoms with E-state index in [-0.39, 0.29) is 18.4 Å². The highest BCUT2D eigenvalue weighted by Gasteiger charge is 2.50. The Balaban J connectivity index is 1.40. The van der Waals surface area contributed by atoms with Gasteiger partial charge in [-0.15, -0.1) is 0 Å². The predicted octanol–water partition coefficient (Wildman–Crippen LogP) is 3.87. The second-order valence-corrected chi connectivity index (χ2v) is 12.8. The molecule has 2 aromatic carbocycles. The molecule has 1 saturated heterocycles. The molecular weight excluding hydrogens is 560 g/mol. The van der Waals surface area contributed by atoms with Gasteiger partial charge in [0.05, 0.1) is 5.54 Å². The average molecular weight is 603 g/mol. The van der Waals surface area contributed by atoms with Gasteiger partial charge in [0.1, 0.15) is 17.7 Å². The largest absolute Gasteiger partial charge is 0.444 e. The van der Waals surface area contributed by atoms with E-state index in [1.165, 1.54) is 0 Å². The molecule has 5 rings (SSSR count). The van der Waals surface area contributed by atoms with E-state index in [9.17, 15) is 19.2 Å². The van der Waals surface area contributed by atoms with Gasteiger partial charge in [-0.25, -0.2) is 9.59 Å². The molecule has 1 fully saturated rings. The fourth-order valence-corrected chi connectivity index (χ4v) is 6.42. The van der Waals surface area contributed by atoms with Crippen LogP contribution < -0.4 is 20.9 Å². The first kappa shape index (κ1) is 30.9. The Hall–Kier alpha value is -4.54. The summed E-state index contributed by atoms with van der Waals surface area (Å²) in [5.74, 6) is -0.735. The zero-order valence-electron chi connectivity index (χ0n) is 26.0. The highest BCUT2D eigenvalue weighted by Crippen LogP contribution is 2.43. The van der Waals surface area contributed by atoms with Crippen molar-refractivity contribution in [1.82, 2.24) is 25.8 Å². The van der Waals surface area contributed by atoms with E-state index in [2.05, 4.69) is 20.9 Å². The number of alkyl carbamates (subject to hydrolysis) is 1. The maximum Gasteiger partial charge on any atom is 0.408 e. The van der Waals surface area contributed by atoms with Crippen LogP contribution in [0.3, 0.4) is 0 Å². The van der Waals surface area contributed by atoms with Crippen molar-refractivity contribution in [3.63, 3.8) is 0 Å². The number of hydrogen-bond acceptors (Lipinski definition) is 5. The van der Waals surface area contributed by atoms with Crippen molar-refractivity contribution in [3.8, 4) is 0 Å².